The molecule has 1 unspecified atom stereocenters. The molecular weight excluding hydrogens is 395 g/mol. The van der Waals surface area contributed by atoms with Gasteiger partial charge in [-0.25, -0.2) is 4.79 Å². The molecule has 0 radical (unpaired) electrons. The monoisotopic (exact) mass is 416 g/mol. The van der Waals surface area contributed by atoms with E-state index >= 15 is 0 Å². The lowest BCUT2D eigenvalue weighted by atomic mass is 10.0. The fraction of sp³-hybridized carbons (Fsp3) is 0.333. The number of hydrogen-bond donors (Lipinski definition) is 2. The summed E-state index contributed by atoms with van der Waals surface area (Å²) in [6.07, 6.45) is 5.48. The molecule has 1 aromatic carbocycles. The number of aromatic nitrogens is 1. The highest BCUT2D eigenvalue weighted by Crippen LogP contribution is 2.16. The van der Waals surface area contributed by atoms with Gasteiger partial charge >= 0.3 is 6.03 Å². The molecular formula is C18H23Cl3N4O. The highest BCUT2D eigenvalue weighted by molar-refractivity contribution is 6.30. The number of hydrogen-bond acceptors (Lipinski definition) is 3. The molecule has 1 fully saturated rings. The fourth-order valence-electron chi connectivity index (χ4n) is 2.89. The maximum absolute atomic E-state index is 12.6. The van der Waals surface area contributed by atoms with Crippen LogP contribution in [0.25, 0.3) is 0 Å². The summed E-state index contributed by atoms with van der Waals surface area (Å²) in [5.74, 6) is 0. The van der Waals surface area contributed by atoms with Crippen LogP contribution in [0.15, 0.2) is 48.8 Å². The number of benzene rings is 1. The zero-order valence-electron chi connectivity index (χ0n) is 14.2. The van der Waals surface area contributed by atoms with Gasteiger partial charge < -0.3 is 15.5 Å². The highest BCUT2D eigenvalue weighted by Gasteiger charge is 2.26. The first-order valence-electron chi connectivity index (χ1n) is 8.15. The number of piperazine rings is 1. The van der Waals surface area contributed by atoms with Crippen LogP contribution in [0.2, 0.25) is 5.02 Å². The molecule has 1 atom stereocenters. The topological polar surface area (TPSA) is 57.3 Å². The van der Waals surface area contributed by atoms with E-state index in [9.17, 15) is 4.79 Å². The number of rotatable bonds is 4. The standard InChI is InChI=1S/C18H21ClN4O.2ClH/c19-15-4-6-16(7-5-15)22-18(24)23-11-10-21-13-17(23)8-3-14-2-1-9-20-12-14;;/h1-2,4-7,9,12,17,21H,3,8,10-11,13H2,(H,22,24);2*1H. The molecule has 3 rings (SSSR count). The van der Waals surface area contributed by atoms with Crippen molar-refractivity contribution in [2.24, 2.45) is 0 Å². The molecule has 2 heterocycles. The lowest BCUT2D eigenvalue weighted by Gasteiger charge is -2.36. The summed E-state index contributed by atoms with van der Waals surface area (Å²) in [6.45, 7) is 2.34. The Hall–Kier alpha value is -1.53. The first kappa shape index (κ1) is 22.5. The van der Waals surface area contributed by atoms with Crippen LogP contribution in [0.1, 0.15) is 12.0 Å². The van der Waals surface area contributed by atoms with E-state index in [1.807, 2.05) is 29.3 Å². The van der Waals surface area contributed by atoms with E-state index in [0.29, 0.717) is 11.6 Å². The zero-order valence-corrected chi connectivity index (χ0v) is 16.6. The number of carbonyl (C=O) groups excluding carboxylic acids is 1. The minimum Gasteiger partial charge on any atom is -0.319 e. The van der Waals surface area contributed by atoms with Crippen molar-refractivity contribution in [2.45, 2.75) is 18.9 Å². The van der Waals surface area contributed by atoms with Gasteiger partial charge in [0.05, 0.1) is 0 Å². The number of aryl methyl sites for hydroxylation is 1. The van der Waals surface area contributed by atoms with Gasteiger partial charge in [-0.15, -0.1) is 24.8 Å². The average molecular weight is 418 g/mol. The van der Waals surface area contributed by atoms with Crippen molar-refractivity contribution in [3.63, 3.8) is 0 Å². The fourth-order valence-corrected chi connectivity index (χ4v) is 3.02. The van der Waals surface area contributed by atoms with Crippen LogP contribution in [0.3, 0.4) is 0 Å². The highest BCUT2D eigenvalue weighted by atomic mass is 35.5. The van der Waals surface area contributed by atoms with Crippen LogP contribution in [-0.2, 0) is 6.42 Å². The number of urea groups is 1. The van der Waals surface area contributed by atoms with E-state index in [2.05, 4.69) is 21.7 Å². The Labute approximate surface area is 171 Å². The summed E-state index contributed by atoms with van der Waals surface area (Å²) in [4.78, 5) is 18.7. The second-order valence-corrected chi connectivity index (χ2v) is 6.32. The number of pyridine rings is 1. The van der Waals surface area contributed by atoms with Crippen molar-refractivity contribution in [1.82, 2.24) is 15.2 Å². The average Bonchev–Trinajstić information content (AvgIpc) is 2.63. The van der Waals surface area contributed by atoms with Gasteiger partial charge in [-0.2, -0.15) is 0 Å². The maximum Gasteiger partial charge on any atom is 0.322 e. The molecule has 0 aliphatic carbocycles. The lowest BCUT2D eigenvalue weighted by molar-refractivity contribution is 0.166. The van der Waals surface area contributed by atoms with Gasteiger partial charge in [0.1, 0.15) is 0 Å². The second-order valence-electron chi connectivity index (χ2n) is 5.89. The number of nitrogens with one attached hydrogen (secondary N) is 2. The van der Waals surface area contributed by atoms with E-state index in [4.69, 9.17) is 11.6 Å². The van der Waals surface area contributed by atoms with Gasteiger partial charge in [0.15, 0.2) is 0 Å². The third-order valence-electron chi connectivity index (χ3n) is 4.20. The minimum atomic E-state index is -0.0602. The van der Waals surface area contributed by atoms with Crippen LogP contribution in [0.4, 0.5) is 10.5 Å². The maximum atomic E-state index is 12.6. The molecule has 1 aliphatic heterocycles. The normalized spacial score (nSPS) is 16.2. The molecule has 0 spiro atoms. The summed E-state index contributed by atoms with van der Waals surface area (Å²) in [5, 5.41) is 6.98. The molecule has 142 valence electrons. The Balaban J connectivity index is 0.00000169. The smallest absolute Gasteiger partial charge is 0.319 e. The van der Waals surface area contributed by atoms with Gasteiger partial charge in [-0.1, -0.05) is 17.7 Å². The molecule has 0 saturated carbocycles. The quantitative estimate of drug-likeness (QED) is 0.790. The largest absolute Gasteiger partial charge is 0.322 e. The minimum absolute atomic E-state index is 0. The van der Waals surface area contributed by atoms with E-state index < -0.39 is 0 Å². The van der Waals surface area contributed by atoms with Crippen molar-refractivity contribution in [3.8, 4) is 0 Å². The van der Waals surface area contributed by atoms with Gasteiger partial charge in [0, 0.05) is 48.8 Å². The van der Waals surface area contributed by atoms with Crippen LogP contribution < -0.4 is 10.6 Å². The van der Waals surface area contributed by atoms with Crippen molar-refractivity contribution >= 4 is 48.1 Å². The first-order valence-corrected chi connectivity index (χ1v) is 8.53. The third-order valence-corrected chi connectivity index (χ3v) is 4.45. The van der Waals surface area contributed by atoms with Crippen molar-refractivity contribution < 1.29 is 4.79 Å². The second kappa shape index (κ2) is 11.2. The third kappa shape index (κ3) is 6.32. The van der Waals surface area contributed by atoms with Gasteiger partial charge in [-0.05, 0) is 48.7 Å². The molecule has 1 aliphatic rings. The van der Waals surface area contributed by atoms with E-state index in [1.165, 1.54) is 5.56 Å². The Morgan fingerprint density at radius 3 is 2.73 bits per heavy atom. The molecule has 2 aromatic rings. The van der Waals surface area contributed by atoms with Gasteiger partial charge in [-0.3, -0.25) is 4.98 Å². The molecule has 8 heteroatoms. The summed E-state index contributed by atoms with van der Waals surface area (Å²) in [6, 6.07) is 11.3. The van der Waals surface area contributed by atoms with E-state index in [1.54, 1.807) is 18.3 Å². The number of nitrogens with zero attached hydrogens (tertiary/aromatic N) is 2. The summed E-state index contributed by atoms with van der Waals surface area (Å²) in [5.41, 5.74) is 1.95. The molecule has 1 saturated heterocycles. The summed E-state index contributed by atoms with van der Waals surface area (Å²) < 4.78 is 0. The van der Waals surface area contributed by atoms with Crippen LogP contribution in [0.5, 0.6) is 0 Å². The Morgan fingerprint density at radius 1 is 1.27 bits per heavy atom. The van der Waals surface area contributed by atoms with Crippen molar-refractivity contribution in [1.29, 1.82) is 0 Å². The van der Waals surface area contributed by atoms with E-state index in [-0.39, 0.29) is 36.9 Å². The first-order chi connectivity index (χ1) is 11.7. The molecule has 2 amide bonds. The van der Waals surface area contributed by atoms with Crippen LogP contribution in [-0.4, -0.2) is 41.6 Å². The molecule has 5 nitrogen and oxygen atoms in total. The predicted molar refractivity (Wildman–Crippen MR) is 111 cm³/mol. The molecule has 2 N–H and O–H groups in total. The van der Waals surface area contributed by atoms with Crippen molar-refractivity contribution in [2.75, 3.05) is 25.0 Å². The van der Waals surface area contributed by atoms with Crippen LogP contribution in [0, 0.1) is 0 Å². The number of halogens is 3. The van der Waals surface area contributed by atoms with E-state index in [0.717, 1.165) is 31.6 Å². The Kier molecular flexibility index (Phi) is 9.73. The van der Waals surface area contributed by atoms with Crippen molar-refractivity contribution in [3.05, 3.63) is 59.4 Å². The molecule has 0 bridgehead atoms. The number of carbonyl (C=O) groups is 1. The SMILES string of the molecule is Cl.Cl.O=C(Nc1ccc(Cl)cc1)N1CCNCC1CCc1cccnc1. The van der Waals surface area contributed by atoms with Gasteiger partial charge in [0.25, 0.3) is 0 Å². The summed E-state index contributed by atoms with van der Waals surface area (Å²) in [7, 11) is 0. The number of anilines is 1. The number of amides is 2. The lowest BCUT2D eigenvalue weighted by Crippen LogP contribution is -2.55. The summed E-state index contributed by atoms with van der Waals surface area (Å²) >= 11 is 5.88. The predicted octanol–water partition coefficient (Wildman–Crippen LogP) is 4.02. The Bertz CT molecular complexity index is 670. The molecule has 1 aromatic heterocycles. The Morgan fingerprint density at radius 2 is 2.04 bits per heavy atom. The van der Waals surface area contributed by atoms with Gasteiger partial charge in [0.2, 0.25) is 0 Å². The van der Waals surface area contributed by atoms with Crippen LogP contribution >= 0.6 is 36.4 Å². The molecule has 26 heavy (non-hydrogen) atoms. The zero-order chi connectivity index (χ0) is 16.8.